The fourth-order valence-corrected chi connectivity index (χ4v) is 5.40. The molecule has 0 spiro atoms. The Morgan fingerprint density at radius 1 is 1.09 bits per heavy atom. The molecule has 8 nitrogen and oxygen atoms in total. The lowest BCUT2D eigenvalue weighted by Gasteiger charge is -2.36. The van der Waals surface area contributed by atoms with Gasteiger partial charge in [-0.1, -0.05) is 34.8 Å². The van der Waals surface area contributed by atoms with Gasteiger partial charge in [0.15, 0.2) is 0 Å². The molecule has 2 aromatic heterocycles. The van der Waals surface area contributed by atoms with Crippen LogP contribution in [-0.4, -0.2) is 36.7 Å². The number of nitrogens with two attached hydrogens (primary N) is 1. The number of amides is 2. The lowest BCUT2D eigenvalue weighted by Crippen LogP contribution is -2.51. The van der Waals surface area contributed by atoms with Crippen molar-refractivity contribution in [2.45, 2.75) is 38.8 Å². The quantitative estimate of drug-likeness (QED) is 0.443. The minimum Gasteiger partial charge on any atom is -0.366 e. The molecular formula is C24H22Cl2N6O2. The van der Waals surface area contributed by atoms with E-state index < -0.39 is 11.4 Å². The van der Waals surface area contributed by atoms with Crippen LogP contribution >= 0.6 is 23.2 Å². The zero-order valence-corrected chi connectivity index (χ0v) is 20.1. The van der Waals surface area contributed by atoms with Crippen molar-refractivity contribution in [1.82, 2.24) is 24.6 Å². The molecule has 1 aliphatic heterocycles. The van der Waals surface area contributed by atoms with Gasteiger partial charge in [0.2, 0.25) is 0 Å². The number of carbonyl (C=O) groups is 2. The van der Waals surface area contributed by atoms with Crippen LogP contribution in [0.2, 0.25) is 10.0 Å². The monoisotopic (exact) mass is 496 g/mol. The first-order valence-corrected chi connectivity index (χ1v) is 11.5. The smallest absolute Gasteiger partial charge is 0.254 e. The van der Waals surface area contributed by atoms with Gasteiger partial charge in [0.25, 0.3) is 11.8 Å². The number of halogens is 2. The normalized spacial score (nSPS) is 17.5. The van der Waals surface area contributed by atoms with Gasteiger partial charge in [-0.25, -0.2) is 0 Å². The van der Waals surface area contributed by atoms with E-state index in [1.165, 1.54) is 12.7 Å². The summed E-state index contributed by atoms with van der Waals surface area (Å²) in [5.74, 6) is -0.803. The molecule has 2 amide bonds. The van der Waals surface area contributed by atoms with E-state index in [4.69, 9.17) is 28.9 Å². The van der Waals surface area contributed by atoms with Gasteiger partial charge in [0.05, 0.1) is 32.4 Å². The van der Waals surface area contributed by atoms with Gasteiger partial charge in [-0.05, 0) is 51.0 Å². The third-order valence-electron chi connectivity index (χ3n) is 6.38. The summed E-state index contributed by atoms with van der Waals surface area (Å²) in [6, 6.07) is 9.27. The van der Waals surface area contributed by atoms with Crippen LogP contribution in [-0.2, 0) is 13.0 Å². The van der Waals surface area contributed by atoms with Crippen molar-refractivity contribution < 1.29 is 9.59 Å². The zero-order chi connectivity index (χ0) is 24.2. The molecule has 3 heterocycles. The van der Waals surface area contributed by atoms with E-state index in [0.29, 0.717) is 30.6 Å². The maximum Gasteiger partial charge on any atom is 0.254 e. The average molecular weight is 497 g/mol. The first kappa shape index (κ1) is 22.4. The molecule has 0 radical (unpaired) electrons. The van der Waals surface area contributed by atoms with Crippen molar-refractivity contribution in [3.63, 3.8) is 0 Å². The van der Waals surface area contributed by atoms with E-state index in [1.807, 2.05) is 32.0 Å². The minimum absolute atomic E-state index is 0.206. The second-order valence-corrected chi connectivity index (χ2v) is 9.78. The lowest BCUT2D eigenvalue weighted by atomic mass is 9.89. The van der Waals surface area contributed by atoms with Crippen molar-refractivity contribution >= 4 is 45.9 Å². The van der Waals surface area contributed by atoms with Crippen molar-refractivity contribution in [3.05, 3.63) is 75.4 Å². The average Bonchev–Trinajstić information content (AvgIpc) is 3.38. The van der Waals surface area contributed by atoms with Crippen LogP contribution in [0.5, 0.6) is 0 Å². The molecule has 0 fully saturated rings. The van der Waals surface area contributed by atoms with Crippen LogP contribution in [0.25, 0.3) is 16.6 Å². The molecule has 0 unspecified atom stereocenters. The number of carbonyl (C=O) groups excluding carboxylic acids is 2. The Morgan fingerprint density at radius 3 is 2.41 bits per heavy atom. The molecule has 1 aliphatic rings. The van der Waals surface area contributed by atoms with Crippen LogP contribution in [0.15, 0.2) is 43.0 Å². The fraction of sp³-hybridized carbons (Fsp3) is 0.250. The third-order valence-corrected chi connectivity index (χ3v) is 6.98. The Bertz CT molecular complexity index is 1440. The highest BCUT2D eigenvalue weighted by molar-refractivity contribution is 6.40. The third kappa shape index (κ3) is 3.73. The van der Waals surface area contributed by atoms with Crippen molar-refractivity contribution in [2.24, 2.45) is 5.73 Å². The molecule has 0 bridgehead atoms. The number of hydrogen-bond acceptors (Lipinski definition) is 4. The molecule has 0 saturated carbocycles. The summed E-state index contributed by atoms with van der Waals surface area (Å²) in [4.78, 5) is 25.6. The summed E-state index contributed by atoms with van der Waals surface area (Å²) in [5, 5.41) is 12.0. The predicted molar refractivity (Wildman–Crippen MR) is 131 cm³/mol. The summed E-state index contributed by atoms with van der Waals surface area (Å²) in [7, 11) is 0. The van der Waals surface area contributed by atoms with Crippen LogP contribution in [0.1, 0.15) is 45.3 Å². The molecule has 1 atom stereocenters. The van der Waals surface area contributed by atoms with E-state index in [2.05, 4.69) is 20.1 Å². The number of rotatable bonds is 4. The Labute approximate surface area is 205 Å². The Balaban J connectivity index is 1.47. The van der Waals surface area contributed by atoms with Gasteiger partial charge in [-0.3, -0.25) is 14.2 Å². The number of primary amides is 1. The maximum absolute atomic E-state index is 13.3. The number of nitrogens with zero attached hydrogens (tertiary/aromatic N) is 4. The number of aromatic nitrogens is 4. The van der Waals surface area contributed by atoms with Gasteiger partial charge in [0.1, 0.15) is 12.7 Å². The molecule has 0 aliphatic carbocycles. The summed E-state index contributed by atoms with van der Waals surface area (Å²) in [6.07, 6.45) is 4.26. The molecule has 174 valence electrons. The van der Waals surface area contributed by atoms with Crippen molar-refractivity contribution in [2.75, 3.05) is 0 Å². The van der Waals surface area contributed by atoms with E-state index >= 15 is 0 Å². The Kier molecular flexibility index (Phi) is 5.37. The number of aryl methyl sites for hydroxylation is 1. The number of nitrogens with one attached hydrogen (secondary N) is 1. The molecule has 5 rings (SSSR count). The second kappa shape index (κ2) is 8.14. The van der Waals surface area contributed by atoms with E-state index in [1.54, 1.807) is 16.7 Å². The first-order chi connectivity index (χ1) is 16.2. The van der Waals surface area contributed by atoms with E-state index in [0.717, 1.165) is 22.2 Å². The topological polar surface area (TPSA) is 108 Å². The number of hydrogen-bond donors (Lipinski definition) is 2. The Hall–Kier alpha value is -3.36. The van der Waals surface area contributed by atoms with Crippen LogP contribution in [0.4, 0.5) is 0 Å². The summed E-state index contributed by atoms with van der Waals surface area (Å²) >= 11 is 12.9. The van der Waals surface area contributed by atoms with Gasteiger partial charge < -0.3 is 15.6 Å². The van der Waals surface area contributed by atoms with Gasteiger partial charge >= 0.3 is 0 Å². The maximum atomic E-state index is 13.3. The minimum atomic E-state index is -0.588. The predicted octanol–water partition coefficient (Wildman–Crippen LogP) is 4.07. The molecule has 10 heteroatoms. The molecule has 3 N–H and O–H groups in total. The largest absolute Gasteiger partial charge is 0.366 e. The van der Waals surface area contributed by atoms with Crippen LogP contribution < -0.4 is 11.1 Å². The highest BCUT2D eigenvalue weighted by Crippen LogP contribution is 2.35. The summed E-state index contributed by atoms with van der Waals surface area (Å²) in [6.45, 7) is 4.44. The lowest BCUT2D eigenvalue weighted by molar-refractivity contribution is 0.0881. The van der Waals surface area contributed by atoms with Gasteiger partial charge in [-0.15, -0.1) is 10.2 Å². The molecular weight excluding hydrogens is 475 g/mol. The molecule has 0 saturated heterocycles. The zero-order valence-electron chi connectivity index (χ0n) is 18.6. The highest BCUT2D eigenvalue weighted by atomic mass is 35.5. The second-order valence-electron chi connectivity index (χ2n) is 8.96. The van der Waals surface area contributed by atoms with Crippen LogP contribution in [0, 0.1) is 6.92 Å². The first-order valence-electron chi connectivity index (χ1n) is 10.7. The number of fused-ring (bicyclic) bond motifs is 3. The fourth-order valence-electron chi connectivity index (χ4n) is 4.76. The summed E-state index contributed by atoms with van der Waals surface area (Å²) < 4.78 is 3.73. The van der Waals surface area contributed by atoms with Crippen molar-refractivity contribution in [1.29, 1.82) is 0 Å². The SMILES string of the molecule is Cc1ccc2c(c1)c(C(N)=O)c1n2C[C@](C)(NC(=O)c2c(Cl)cc(-n3cnnc3)cc2Cl)CC1. The standard InChI is InChI=1S/C24H22Cl2N6O2/c1-13-3-4-18-15(7-13)20(22(27)33)19-5-6-24(2,10-32(18)19)30-23(34)21-16(25)8-14(9-17(21)26)31-11-28-29-12-31/h3-4,7-9,11-12H,5-6,10H2,1-2H3,(H2,27,33)(H,30,34)/t24-/m1/s1. The van der Waals surface area contributed by atoms with Crippen molar-refractivity contribution in [3.8, 4) is 5.69 Å². The summed E-state index contributed by atoms with van der Waals surface area (Å²) in [5.41, 5.74) is 9.44. The Morgan fingerprint density at radius 2 is 1.76 bits per heavy atom. The molecule has 34 heavy (non-hydrogen) atoms. The highest BCUT2D eigenvalue weighted by Gasteiger charge is 2.36. The molecule has 2 aromatic carbocycles. The van der Waals surface area contributed by atoms with E-state index in [-0.39, 0.29) is 21.5 Å². The van der Waals surface area contributed by atoms with Gasteiger partial charge in [-0.2, -0.15) is 0 Å². The van der Waals surface area contributed by atoms with E-state index in [9.17, 15) is 9.59 Å². The van der Waals surface area contributed by atoms with Crippen LogP contribution in [0.3, 0.4) is 0 Å². The van der Waals surface area contributed by atoms with Gasteiger partial charge in [0, 0.05) is 23.1 Å². The molecule has 4 aromatic rings. The number of benzene rings is 2.